The molecule has 2 amide bonds. The molecular formula is C38H39ClF3N3O4S. The molecule has 1 atom stereocenters. The van der Waals surface area contributed by atoms with Crippen molar-refractivity contribution in [3.05, 3.63) is 130 Å². The van der Waals surface area contributed by atoms with E-state index in [-0.39, 0.29) is 29.6 Å². The number of anilines is 1. The molecule has 0 unspecified atom stereocenters. The molecule has 0 aromatic heterocycles. The lowest BCUT2D eigenvalue weighted by Crippen LogP contribution is -2.55. The fourth-order valence-electron chi connectivity index (χ4n) is 6.11. The van der Waals surface area contributed by atoms with Crippen molar-refractivity contribution in [3.63, 3.8) is 0 Å². The van der Waals surface area contributed by atoms with Crippen LogP contribution in [0.2, 0.25) is 5.02 Å². The number of alkyl halides is 3. The molecular weight excluding hydrogens is 687 g/mol. The number of amides is 2. The van der Waals surface area contributed by atoms with Crippen molar-refractivity contribution in [1.29, 1.82) is 0 Å². The molecule has 12 heteroatoms. The predicted molar refractivity (Wildman–Crippen MR) is 188 cm³/mol. The summed E-state index contributed by atoms with van der Waals surface area (Å²) in [6.45, 7) is 0.724. The van der Waals surface area contributed by atoms with Gasteiger partial charge in [-0.25, -0.2) is 8.42 Å². The average Bonchev–Trinajstić information content (AvgIpc) is 3.10. The maximum Gasteiger partial charge on any atom is 0.416 e. The van der Waals surface area contributed by atoms with Crippen molar-refractivity contribution < 1.29 is 31.2 Å². The van der Waals surface area contributed by atoms with Crippen molar-refractivity contribution in [2.45, 2.75) is 75.1 Å². The second kappa shape index (κ2) is 16.1. The van der Waals surface area contributed by atoms with E-state index in [1.807, 2.05) is 30.3 Å². The lowest BCUT2D eigenvalue weighted by atomic mass is 9.94. The van der Waals surface area contributed by atoms with Gasteiger partial charge in [0.05, 0.1) is 16.1 Å². The number of hydrogen-bond donors (Lipinski definition) is 1. The van der Waals surface area contributed by atoms with Crippen LogP contribution in [0.1, 0.15) is 54.4 Å². The summed E-state index contributed by atoms with van der Waals surface area (Å²) in [4.78, 5) is 29.9. The smallest absolute Gasteiger partial charge is 0.352 e. The predicted octanol–water partition coefficient (Wildman–Crippen LogP) is 7.95. The summed E-state index contributed by atoms with van der Waals surface area (Å²) in [6, 6.07) is 24.4. The maximum absolute atomic E-state index is 14.7. The third kappa shape index (κ3) is 9.25. The zero-order chi connectivity index (χ0) is 35.9. The summed E-state index contributed by atoms with van der Waals surface area (Å²) >= 11 is 6.55. The van der Waals surface area contributed by atoms with Gasteiger partial charge in [-0.1, -0.05) is 103 Å². The molecule has 4 aromatic rings. The Morgan fingerprint density at radius 1 is 0.880 bits per heavy atom. The van der Waals surface area contributed by atoms with Crippen molar-refractivity contribution >= 4 is 39.1 Å². The first-order valence-corrected chi connectivity index (χ1v) is 18.3. The van der Waals surface area contributed by atoms with Crippen LogP contribution in [-0.4, -0.2) is 43.8 Å². The third-order valence-electron chi connectivity index (χ3n) is 8.87. The van der Waals surface area contributed by atoms with Crippen LogP contribution in [0.25, 0.3) is 0 Å². The molecule has 1 aliphatic rings. The highest BCUT2D eigenvalue weighted by molar-refractivity contribution is 7.92. The molecule has 1 N–H and O–H groups in total. The van der Waals surface area contributed by atoms with E-state index < -0.39 is 46.2 Å². The van der Waals surface area contributed by atoms with Gasteiger partial charge in [-0.15, -0.1) is 0 Å². The summed E-state index contributed by atoms with van der Waals surface area (Å²) in [6.07, 6.45) is -0.103. The van der Waals surface area contributed by atoms with Gasteiger partial charge >= 0.3 is 6.18 Å². The zero-order valence-corrected chi connectivity index (χ0v) is 29.1. The van der Waals surface area contributed by atoms with Gasteiger partial charge in [0.15, 0.2) is 0 Å². The SMILES string of the molecule is Cc1ccc(S(=O)(=O)N(CC(=O)N(Cc2ccccc2Cl)[C@@H](Cc2ccccc2)C(=O)NC2CCCCC2)c2cccc(C(F)(F)F)c2)cc1. The highest BCUT2D eigenvalue weighted by Gasteiger charge is 2.37. The fraction of sp³-hybridized carbons (Fsp3) is 0.316. The van der Waals surface area contributed by atoms with Gasteiger partial charge in [0.1, 0.15) is 12.6 Å². The van der Waals surface area contributed by atoms with Crippen LogP contribution in [0.3, 0.4) is 0 Å². The molecule has 50 heavy (non-hydrogen) atoms. The van der Waals surface area contributed by atoms with E-state index in [1.165, 1.54) is 23.1 Å². The van der Waals surface area contributed by atoms with E-state index in [2.05, 4.69) is 5.32 Å². The molecule has 7 nitrogen and oxygen atoms in total. The van der Waals surface area contributed by atoms with Crippen molar-refractivity contribution in [2.24, 2.45) is 0 Å². The minimum atomic E-state index is -4.77. The molecule has 264 valence electrons. The summed E-state index contributed by atoms with van der Waals surface area (Å²) < 4.78 is 70.7. The Balaban J connectivity index is 1.60. The molecule has 0 spiro atoms. The second-order valence-corrected chi connectivity index (χ2v) is 14.8. The van der Waals surface area contributed by atoms with E-state index in [4.69, 9.17) is 11.6 Å². The minimum Gasteiger partial charge on any atom is -0.352 e. The largest absolute Gasteiger partial charge is 0.416 e. The first kappa shape index (κ1) is 36.9. The first-order chi connectivity index (χ1) is 23.8. The Hall–Kier alpha value is -4.35. The van der Waals surface area contributed by atoms with Gasteiger partial charge in [-0.05, 0) is 67.3 Å². The number of hydrogen-bond acceptors (Lipinski definition) is 4. The summed E-state index contributed by atoms with van der Waals surface area (Å²) in [7, 11) is -4.58. The van der Waals surface area contributed by atoms with Gasteiger partial charge in [-0.3, -0.25) is 13.9 Å². The normalized spacial score (nSPS) is 14.5. The zero-order valence-electron chi connectivity index (χ0n) is 27.6. The number of aryl methyl sites for hydroxylation is 1. The van der Waals surface area contributed by atoms with Crippen molar-refractivity contribution in [3.8, 4) is 0 Å². The van der Waals surface area contributed by atoms with Crippen molar-refractivity contribution in [1.82, 2.24) is 10.2 Å². The van der Waals surface area contributed by atoms with E-state index in [1.54, 1.807) is 43.3 Å². The summed E-state index contributed by atoms with van der Waals surface area (Å²) in [5.74, 6) is -1.20. The number of carbonyl (C=O) groups is 2. The third-order valence-corrected chi connectivity index (χ3v) is 11.0. The van der Waals surface area contributed by atoms with Crippen LogP contribution in [0, 0.1) is 6.92 Å². The highest BCUT2D eigenvalue weighted by atomic mass is 35.5. The van der Waals surface area contributed by atoms with Crippen molar-refractivity contribution in [2.75, 3.05) is 10.8 Å². The van der Waals surface area contributed by atoms with E-state index >= 15 is 0 Å². The number of sulfonamides is 1. The van der Waals surface area contributed by atoms with Crippen LogP contribution in [0.15, 0.2) is 108 Å². The van der Waals surface area contributed by atoms with Crippen LogP contribution in [0.4, 0.5) is 18.9 Å². The molecule has 1 saturated carbocycles. The Labute approximate surface area is 296 Å². The van der Waals surface area contributed by atoms with Crippen LogP contribution < -0.4 is 9.62 Å². The van der Waals surface area contributed by atoms with Gasteiger partial charge in [0.2, 0.25) is 11.8 Å². The number of carbonyl (C=O) groups excluding carboxylic acids is 2. The second-order valence-electron chi connectivity index (χ2n) is 12.5. The fourth-order valence-corrected chi connectivity index (χ4v) is 7.71. The molecule has 0 aliphatic heterocycles. The Morgan fingerprint density at radius 3 is 2.20 bits per heavy atom. The Kier molecular flexibility index (Phi) is 11.9. The van der Waals surface area contributed by atoms with Gasteiger partial charge < -0.3 is 10.2 Å². The number of nitrogens with one attached hydrogen (secondary N) is 1. The van der Waals surface area contributed by atoms with E-state index in [9.17, 15) is 31.2 Å². The summed E-state index contributed by atoms with van der Waals surface area (Å²) in [5.41, 5.74) is 0.614. The lowest BCUT2D eigenvalue weighted by Gasteiger charge is -2.35. The molecule has 1 fully saturated rings. The molecule has 0 saturated heterocycles. The standard InChI is InChI=1S/C38H39ClF3N3O4S/c1-27-19-21-33(22-20-27)50(48,49)45(32-17-10-14-30(24-32)38(40,41)42)26-36(46)44(25-29-13-8-9-18-34(29)39)35(23-28-11-4-2-5-12-28)37(47)43-31-15-6-3-7-16-31/h2,4-5,8-14,17-22,24,31,35H,3,6-7,15-16,23,25-26H2,1H3,(H,43,47)/t35-/m0/s1. The quantitative estimate of drug-likeness (QED) is 0.161. The number of rotatable bonds is 12. The van der Waals surface area contributed by atoms with E-state index in [0.29, 0.717) is 21.0 Å². The maximum atomic E-state index is 14.7. The molecule has 0 bridgehead atoms. The van der Waals surface area contributed by atoms with E-state index in [0.717, 1.165) is 55.4 Å². The lowest BCUT2D eigenvalue weighted by molar-refractivity contribution is -0.140. The molecule has 5 rings (SSSR count). The Morgan fingerprint density at radius 2 is 1.54 bits per heavy atom. The molecule has 4 aromatic carbocycles. The van der Waals surface area contributed by atoms with Gasteiger partial charge in [0.25, 0.3) is 10.0 Å². The van der Waals surface area contributed by atoms with Crippen LogP contribution in [0.5, 0.6) is 0 Å². The number of benzene rings is 4. The average molecular weight is 726 g/mol. The number of halogens is 4. The van der Waals surface area contributed by atoms with Crippen LogP contribution in [-0.2, 0) is 38.8 Å². The van der Waals surface area contributed by atoms with Gasteiger partial charge in [0, 0.05) is 24.0 Å². The minimum absolute atomic E-state index is 0.0877. The highest BCUT2D eigenvalue weighted by Crippen LogP contribution is 2.34. The topological polar surface area (TPSA) is 86.8 Å². The molecule has 0 heterocycles. The molecule has 0 radical (unpaired) electrons. The van der Waals surface area contributed by atoms with Crippen LogP contribution >= 0.6 is 11.6 Å². The monoisotopic (exact) mass is 725 g/mol. The Bertz CT molecular complexity index is 1880. The summed E-state index contributed by atoms with van der Waals surface area (Å²) in [5, 5.41) is 3.45. The molecule has 1 aliphatic carbocycles. The van der Waals surface area contributed by atoms with Gasteiger partial charge in [-0.2, -0.15) is 13.2 Å². The number of nitrogens with zero attached hydrogens (tertiary/aromatic N) is 2. The first-order valence-electron chi connectivity index (χ1n) is 16.5.